The first-order chi connectivity index (χ1) is 11.1. The quantitative estimate of drug-likeness (QED) is 0.365. The minimum atomic E-state index is -0.658. The van der Waals surface area contributed by atoms with Crippen molar-refractivity contribution >= 4 is 34.7 Å². The minimum absolute atomic E-state index is 0.0879. The number of benzene rings is 1. The Labute approximate surface area is 134 Å². The fraction of sp³-hybridized carbons (Fsp3) is 0.0625. The maximum Gasteiger partial charge on any atom is 0.253 e. The predicted octanol–water partition coefficient (Wildman–Crippen LogP) is 2.22. The van der Waals surface area contributed by atoms with Crippen LogP contribution in [0, 0.1) is 0 Å². The molecule has 1 aromatic heterocycles. The molecule has 3 aromatic rings. The zero-order valence-electron chi connectivity index (χ0n) is 11.8. The van der Waals surface area contributed by atoms with Gasteiger partial charge in [-0.1, -0.05) is 12.1 Å². The van der Waals surface area contributed by atoms with Gasteiger partial charge in [-0.15, -0.1) is 11.3 Å². The van der Waals surface area contributed by atoms with E-state index in [2.05, 4.69) is 10.6 Å². The molecule has 23 heavy (non-hydrogen) atoms. The van der Waals surface area contributed by atoms with Gasteiger partial charge in [0.05, 0.1) is 11.3 Å². The van der Waals surface area contributed by atoms with Gasteiger partial charge >= 0.3 is 0 Å². The fourth-order valence-corrected chi connectivity index (χ4v) is 2.80. The summed E-state index contributed by atoms with van der Waals surface area (Å²) in [7, 11) is 0. The van der Waals surface area contributed by atoms with E-state index >= 15 is 0 Å². The molecular formula is C16H12N2O4S. The Morgan fingerprint density at radius 1 is 1.09 bits per heavy atom. The summed E-state index contributed by atoms with van der Waals surface area (Å²) in [5, 5.41) is 17.5. The Morgan fingerprint density at radius 2 is 1.87 bits per heavy atom. The van der Waals surface area contributed by atoms with Crippen LogP contribution >= 0.6 is 11.3 Å². The lowest BCUT2D eigenvalue weighted by Crippen LogP contribution is -2.36. The van der Waals surface area contributed by atoms with Crippen molar-refractivity contribution < 1.29 is 9.90 Å². The van der Waals surface area contributed by atoms with Crippen molar-refractivity contribution in [3.05, 3.63) is 66.6 Å². The van der Waals surface area contributed by atoms with Gasteiger partial charge in [0.15, 0.2) is 6.29 Å². The second-order valence-corrected chi connectivity index (χ2v) is 5.86. The van der Waals surface area contributed by atoms with Crippen molar-refractivity contribution in [2.45, 2.75) is 6.54 Å². The highest BCUT2D eigenvalue weighted by Crippen LogP contribution is 2.30. The van der Waals surface area contributed by atoms with Gasteiger partial charge in [0.1, 0.15) is 17.1 Å². The molecule has 0 unspecified atom stereocenters. The lowest BCUT2D eigenvalue weighted by atomic mass is 10.1. The SMILES string of the molecule is O=Cc1cccc(Nc2c(NCc3cccs3)c(=O)c2=O)c1O. The first-order valence-corrected chi connectivity index (χ1v) is 7.63. The van der Waals surface area contributed by atoms with E-state index in [-0.39, 0.29) is 28.4 Å². The zero-order valence-corrected chi connectivity index (χ0v) is 12.6. The highest BCUT2D eigenvalue weighted by atomic mass is 32.1. The number of hydrogen-bond donors (Lipinski definition) is 3. The third kappa shape index (κ3) is 2.74. The van der Waals surface area contributed by atoms with Crippen LogP contribution in [-0.2, 0) is 6.54 Å². The molecule has 116 valence electrons. The summed E-state index contributed by atoms with van der Waals surface area (Å²) < 4.78 is 0. The van der Waals surface area contributed by atoms with Crippen LogP contribution in [0.25, 0.3) is 0 Å². The molecule has 2 aromatic carbocycles. The summed E-state index contributed by atoms with van der Waals surface area (Å²) >= 11 is 1.53. The molecule has 0 saturated carbocycles. The molecule has 0 aliphatic carbocycles. The van der Waals surface area contributed by atoms with Crippen molar-refractivity contribution in [3.8, 4) is 5.75 Å². The number of thiophene rings is 1. The normalized spacial score (nSPS) is 10.6. The average Bonchev–Trinajstić information content (AvgIpc) is 3.08. The van der Waals surface area contributed by atoms with Gasteiger partial charge < -0.3 is 15.7 Å². The summed E-state index contributed by atoms with van der Waals surface area (Å²) in [4.78, 5) is 35.3. The zero-order chi connectivity index (χ0) is 16.4. The molecule has 3 rings (SSSR count). The van der Waals surface area contributed by atoms with Gasteiger partial charge in [-0.2, -0.15) is 0 Å². The van der Waals surface area contributed by atoms with Gasteiger partial charge in [0.2, 0.25) is 0 Å². The topological polar surface area (TPSA) is 95.5 Å². The summed E-state index contributed by atoms with van der Waals surface area (Å²) in [6.45, 7) is 0.428. The lowest BCUT2D eigenvalue weighted by Gasteiger charge is -2.15. The Kier molecular flexibility index (Phi) is 3.94. The predicted molar refractivity (Wildman–Crippen MR) is 89.8 cm³/mol. The Morgan fingerprint density at radius 3 is 2.57 bits per heavy atom. The van der Waals surface area contributed by atoms with Crippen LogP contribution in [0.1, 0.15) is 15.2 Å². The van der Waals surface area contributed by atoms with Crippen LogP contribution in [0.4, 0.5) is 17.1 Å². The number of carbonyl (C=O) groups is 1. The van der Waals surface area contributed by atoms with Crippen LogP contribution in [0.2, 0.25) is 0 Å². The van der Waals surface area contributed by atoms with E-state index in [1.807, 2.05) is 17.5 Å². The number of phenolic OH excluding ortho intramolecular Hbond substituents is 1. The van der Waals surface area contributed by atoms with E-state index in [0.717, 1.165) is 4.88 Å². The summed E-state index contributed by atoms with van der Waals surface area (Å²) in [5.74, 6) is -0.264. The third-order valence-electron chi connectivity index (χ3n) is 3.38. The molecule has 0 bridgehead atoms. The molecule has 0 radical (unpaired) electrons. The molecule has 7 heteroatoms. The van der Waals surface area contributed by atoms with Crippen molar-refractivity contribution in [3.63, 3.8) is 0 Å². The molecule has 0 saturated heterocycles. The number of phenols is 1. The molecule has 0 aliphatic rings. The maximum atomic E-state index is 11.7. The Bertz CT molecular complexity index is 924. The number of aromatic hydroxyl groups is 1. The highest BCUT2D eigenvalue weighted by molar-refractivity contribution is 7.09. The van der Waals surface area contributed by atoms with Gasteiger partial charge in [0.25, 0.3) is 10.9 Å². The number of para-hydroxylation sites is 1. The van der Waals surface area contributed by atoms with Crippen LogP contribution in [0.3, 0.4) is 0 Å². The molecule has 0 spiro atoms. The number of rotatable bonds is 6. The molecule has 0 fully saturated rings. The molecule has 0 atom stereocenters. The largest absolute Gasteiger partial charge is 0.505 e. The highest BCUT2D eigenvalue weighted by Gasteiger charge is 2.22. The summed E-state index contributed by atoms with van der Waals surface area (Å²) in [6, 6.07) is 8.34. The fourth-order valence-electron chi connectivity index (χ4n) is 2.16. The van der Waals surface area contributed by atoms with Crippen LogP contribution in [0.15, 0.2) is 45.3 Å². The molecular weight excluding hydrogens is 316 g/mol. The van der Waals surface area contributed by atoms with Crippen LogP contribution < -0.4 is 21.5 Å². The van der Waals surface area contributed by atoms with Crippen molar-refractivity contribution in [2.75, 3.05) is 10.6 Å². The standard InChI is InChI=1S/C16H12N2O4S/c19-8-9-3-1-5-11(14(9)20)18-13-12(15(21)16(13)22)17-7-10-4-2-6-23-10/h1-6,8,17-18,20H,7H2. The smallest absolute Gasteiger partial charge is 0.253 e. The first-order valence-electron chi connectivity index (χ1n) is 6.75. The van der Waals surface area contributed by atoms with E-state index in [9.17, 15) is 19.5 Å². The number of nitrogens with one attached hydrogen (secondary N) is 2. The number of carbonyl (C=O) groups excluding carboxylic acids is 1. The monoisotopic (exact) mass is 328 g/mol. The van der Waals surface area contributed by atoms with Crippen molar-refractivity contribution in [1.29, 1.82) is 0 Å². The van der Waals surface area contributed by atoms with E-state index in [4.69, 9.17) is 0 Å². The van der Waals surface area contributed by atoms with E-state index < -0.39 is 10.9 Å². The Hall–Kier alpha value is -2.93. The van der Waals surface area contributed by atoms with Gasteiger partial charge in [-0.05, 0) is 23.6 Å². The number of hydrogen-bond acceptors (Lipinski definition) is 7. The molecule has 0 aliphatic heterocycles. The van der Waals surface area contributed by atoms with Crippen LogP contribution in [-0.4, -0.2) is 11.4 Å². The third-order valence-corrected chi connectivity index (χ3v) is 4.26. The molecule has 6 nitrogen and oxygen atoms in total. The summed E-state index contributed by atoms with van der Waals surface area (Å²) in [6.07, 6.45) is 0.512. The molecule has 3 N–H and O–H groups in total. The Balaban J connectivity index is 1.84. The lowest BCUT2D eigenvalue weighted by molar-refractivity contribution is 0.112. The van der Waals surface area contributed by atoms with Gasteiger partial charge in [-0.25, -0.2) is 0 Å². The van der Waals surface area contributed by atoms with Crippen LogP contribution in [0.5, 0.6) is 5.75 Å². The van der Waals surface area contributed by atoms with Gasteiger partial charge in [0, 0.05) is 11.4 Å². The van der Waals surface area contributed by atoms with Crippen molar-refractivity contribution in [2.24, 2.45) is 0 Å². The van der Waals surface area contributed by atoms with Gasteiger partial charge in [-0.3, -0.25) is 14.4 Å². The van der Waals surface area contributed by atoms with E-state index in [1.165, 1.54) is 23.5 Å². The van der Waals surface area contributed by atoms with E-state index in [1.54, 1.807) is 6.07 Å². The molecule has 0 amide bonds. The maximum absolute atomic E-state index is 11.7. The number of aldehydes is 1. The average molecular weight is 328 g/mol. The first kappa shape index (κ1) is 15.0. The summed E-state index contributed by atoms with van der Waals surface area (Å²) in [5.41, 5.74) is -0.698. The minimum Gasteiger partial charge on any atom is -0.505 e. The van der Waals surface area contributed by atoms with Crippen molar-refractivity contribution in [1.82, 2.24) is 0 Å². The second-order valence-electron chi connectivity index (χ2n) is 4.83. The molecule has 1 heterocycles. The number of anilines is 3. The second kappa shape index (κ2) is 6.05. The van der Waals surface area contributed by atoms with E-state index in [0.29, 0.717) is 12.8 Å².